The first kappa shape index (κ1) is 19.2. The van der Waals surface area contributed by atoms with Gasteiger partial charge in [-0.25, -0.2) is 0 Å². The van der Waals surface area contributed by atoms with Crippen LogP contribution in [0.2, 0.25) is 0 Å². The molecule has 5 nitrogen and oxygen atoms in total. The van der Waals surface area contributed by atoms with Crippen LogP contribution in [-0.4, -0.2) is 32.5 Å². The molecule has 1 aromatic heterocycles. The largest absolute Gasteiger partial charge is 0.353 e. The van der Waals surface area contributed by atoms with Crippen molar-refractivity contribution in [1.29, 1.82) is 0 Å². The van der Waals surface area contributed by atoms with E-state index in [9.17, 15) is 4.79 Å². The molecule has 1 N–H and O–H groups in total. The molecule has 0 fully saturated rings. The zero-order chi connectivity index (χ0) is 19.2. The molecule has 2 aromatic carbocycles. The van der Waals surface area contributed by atoms with Crippen LogP contribution < -0.4 is 5.32 Å². The Balaban J connectivity index is 1.90. The molecule has 1 atom stereocenters. The van der Waals surface area contributed by atoms with Crippen molar-refractivity contribution in [2.75, 3.05) is 5.75 Å². The normalized spacial score (nSPS) is 12.0. The van der Waals surface area contributed by atoms with Crippen LogP contribution >= 0.6 is 11.8 Å². The molecule has 0 aliphatic carbocycles. The number of benzene rings is 2. The molecule has 3 aromatic rings. The molecule has 27 heavy (non-hydrogen) atoms. The van der Waals surface area contributed by atoms with Crippen molar-refractivity contribution in [1.82, 2.24) is 20.1 Å². The second kappa shape index (κ2) is 8.86. The van der Waals surface area contributed by atoms with Gasteiger partial charge in [-0.15, -0.1) is 10.2 Å². The molecule has 6 heteroatoms. The minimum absolute atomic E-state index is 0.00819. The summed E-state index contributed by atoms with van der Waals surface area (Å²) in [7, 11) is 0. The number of hydrogen-bond donors (Lipinski definition) is 1. The van der Waals surface area contributed by atoms with E-state index in [2.05, 4.69) is 41.5 Å². The Morgan fingerprint density at radius 2 is 1.81 bits per heavy atom. The predicted octanol–water partition coefficient (Wildman–Crippen LogP) is 4.25. The van der Waals surface area contributed by atoms with Gasteiger partial charge >= 0.3 is 0 Å². The van der Waals surface area contributed by atoms with E-state index in [0.717, 1.165) is 23.5 Å². The van der Waals surface area contributed by atoms with Gasteiger partial charge in [-0.1, -0.05) is 66.7 Å². The van der Waals surface area contributed by atoms with Gasteiger partial charge in [-0.05, 0) is 32.4 Å². The van der Waals surface area contributed by atoms with Gasteiger partial charge in [0, 0.05) is 17.3 Å². The Kier molecular flexibility index (Phi) is 6.29. The highest BCUT2D eigenvalue weighted by Gasteiger charge is 2.17. The van der Waals surface area contributed by atoms with E-state index in [1.54, 1.807) is 0 Å². The molecular formula is C21H24N4OS. The van der Waals surface area contributed by atoms with E-state index in [0.29, 0.717) is 10.9 Å². The minimum Gasteiger partial charge on any atom is -0.353 e. The van der Waals surface area contributed by atoms with Crippen LogP contribution in [-0.2, 0) is 4.79 Å². The lowest BCUT2D eigenvalue weighted by Crippen LogP contribution is -2.33. The summed E-state index contributed by atoms with van der Waals surface area (Å²) in [6.07, 6.45) is 0.911. The first-order chi connectivity index (χ1) is 13.1. The van der Waals surface area contributed by atoms with Crippen LogP contribution in [0.15, 0.2) is 59.8 Å². The molecular weight excluding hydrogens is 356 g/mol. The van der Waals surface area contributed by atoms with Gasteiger partial charge in [-0.2, -0.15) is 0 Å². The number of aromatic nitrogens is 3. The van der Waals surface area contributed by atoms with Crippen LogP contribution in [0, 0.1) is 6.92 Å². The maximum Gasteiger partial charge on any atom is 0.230 e. The van der Waals surface area contributed by atoms with E-state index in [-0.39, 0.29) is 11.9 Å². The topological polar surface area (TPSA) is 59.8 Å². The van der Waals surface area contributed by atoms with Crippen molar-refractivity contribution >= 4 is 17.7 Å². The fourth-order valence-electron chi connectivity index (χ4n) is 2.61. The first-order valence-corrected chi connectivity index (χ1v) is 10.1. The van der Waals surface area contributed by atoms with Crippen molar-refractivity contribution in [3.05, 3.63) is 60.2 Å². The monoisotopic (exact) mass is 380 g/mol. The van der Waals surface area contributed by atoms with E-state index in [1.165, 1.54) is 17.3 Å². The highest BCUT2D eigenvalue weighted by Crippen LogP contribution is 2.28. The summed E-state index contributed by atoms with van der Waals surface area (Å²) in [5.74, 6) is 1.09. The quantitative estimate of drug-likeness (QED) is 0.623. The minimum atomic E-state index is 0.00819. The van der Waals surface area contributed by atoms with Crippen LogP contribution in [0.4, 0.5) is 0 Å². The van der Waals surface area contributed by atoms with Crippen molar-refractivity contribution in [3.63, 3.8) is 0 Å². The second-order valence-electron chi connectivity index (χ2n) is 6.51. The zero-order valence-corrected chi connectivity index (χ0v) is 16.7. The maximum absolute atomic E-state index is 12.2. The summed E-state index contributed by atoms with van der Waals surface area (Å²) in [6.45, 7) is 6.12. The van der Waals surface area contributed by atoms with Crippen LogP contribution in [0.1, 0.15) is 25.8 Å². The number of nitrogens with zero attached hydrogens (tertiary/aromatic N) is 3. The Bertz CT molecular complexity index is 890. The number of rotatable bonds is 7. The number of carbonyl (C=O) groups is 1. The van der Waals surface area contributed by atoms with Gasteiger partial charge in [0.1, 0.15) is 0 Å². The van der Waals surface area contributed by atoms with Crippen molar-refractivity contribution in [2.24, 2.45) is 0 Å². The van der Waals surface area contributed by atoms with E-state index in [4.69, 9.17) is 0 Å². The van der Waals surface area contributed by atoms with E-state index in [1.807, 2.05) is 54.0 Å². The summed E-state index contributed by atoms with van der Waals surface area (Å²) >= 11 is 1.40. The molecule has 1 amide bonds. The van der Waals surface area contributed by atoms with Gasteiger partial charge in [0.15, 0.2) is 11.0 Å². The Labute approximate surface area is 164 Å². The Hall–Kier alpha value is -2.60. The lowest BCUT2D eigenvalue weighted by Gasteiger charge is -2.12. The zero-order valence-electron chi connectivity index (χ0n) is 15.8. The molecule has 0 saturated heterocycles. The molecule has 0 unspecified atom stereocenters. The standard InChI is InChI=1S/C21H24N4OS/c1-4-16(3)22-19(26)14-27-21-24-23-20(17-12-10-15(2)11-13-17)25(21)18-8-6-5-7-9-18/h5-13,16H,4,14H2,1-3H3,(H,22,26)/t16-/m1/s1. The van der Waals surface area contributed by atoms with Crippen LogP contribution in [0.3, 0.4) is 0 Å². The van der Waals surface area contributed by atoms with Gasteiger partial charge in [0.25, 0.3) is 0 Å². The predicted molar refractivity (Wildman–Crippen MR) is 110 cm³/mol. The van der Waals surface area contributed by atoms with Gasteiger partial charge in [0.05, 0.1) is 5.75 Å². The van der Waals surface area contributed by atoms with E-state index >= 15 is 0 Å². The molecule has 3 rings (SSSR count). The third-order valence-corrected chi connectivity index (χ3v) is 5.24. The summed E-state index contributed by atoms with van der Waals surface area (Å²) in [5, 5.41) is 12.5. The highest BCUT2D eigenvalue weighted by molar-refractivity contribution is 7.99. The van der Waals surface area contributed by atoms with Crippen molar-refractivity contribution < 1.29 is 4.79 Å². The number of nitrogens with one attached hydrogen (secondary N) is 1. The smallest absolute Gasteiger partial charge is 0.230 e. The molecule has 1 heterocycles. The lowest BCUT2D eigenvalue weighted by atomic mass is 10.1. The summed E-state index contributed by atoms with van der Waals surface area (Å²) in [5.41, 5.74) is 3.16. The number of carbonyl (C=O) groups excluding carboxylic acids is 1. The molecule has 0 bridgehead atoms. The highest BCUT2D eigenvalue weighted by atomic mass is 32.2. The Morgan fingerprint density at radius 3 is 2.48 bits per heavy atom. The van der Waals surface area contributed by atoms with Gasteiger partial charge < -0.3 is 5.32 Å². The Morgan fingerprint density at radius 1 is 1.11 bits per heavy atom. The molecule has 0 aliphatic heterocycles. The number of hydrogen-bond acceptors (Lipinski definition) is 4. The molecule has 0 saturated carbocycles. The average Bonchev–Trinajstić information content (AvgIpc) is 3.11. The molecule has 0 spiro atoms. The fourth-order valence-corrected chi connectivity index (χ4v) is 3.37. The van der Waals surface area contributed by atoms with Crippen molar-refractivity contribution in [3.8, 4) is 17.1 Å². The van der Waals surface area contributed by atoms with Crippen LogP contribution in [0.5, 0.6) is 0 Å². The van der Waals surface area contributed by atoms with E-state index < -0.39 is 0 Å². The number of para-hydroxylation sites is 1. The average molecular weight is 381 g/mol. The lowest BCUT2D eigenvalue weighted by molar-refractivity contribution is -0.119. The number of aryl methyl sites for hydroxylation is 1. The summed E-state index contributed by atoms with van der Waals surface area (Å²) < 4.78 is 2.01. The number of thioether (sulfide) groups is 1. The molecule has 140 valence electrons. The SMILES string of the molecule is CC[C@@H](C)NC(=O)CSc1nnc(-c2ccc(C)cc2)n1-c1ccccc1. The third-order valence-electron chi connectivity index (χ3n) is 4.31. The van der Waals surface area contributed by atoms with Gasteiger partial charge in [0.2, 0.25) is 5.91 Å². The van der Waals surface area contributed by atoms with Gasteiger partial charge in [-0.3, -0.25) is 9.36 Å². The van der Waals surface area contributed by atoms with Crippen LogP contribution in [0.25, 0.3) is 17.1 Å². The second-order valence-corrected chi connectivity index (χ2v) is 7.45. The maximum atomic E-state index is 12.2. The first-order valence-electron chi connectivity index (χ1n) is 9.08. The van der Waals surface area contributed by atoms with Crippen molar-refractivity contribution in [2.45, 2.75) is 38.4 Å². The third kappa shape index (κ3) is 4.77. The summed E-state index contributed by atoms with van der Waals surface area (Å²) in [6, 6.07) is 18.4. The number of amides is 1. The molecule has 0 radical (unpaired) electrons. The fraction of sp³-hybridized carbons (Fsp3) is 0.286. The molecule has 0 aliphatic rings. The summed E-state index contributed by atoms with van der Waals surface area (Å²) in [4.78, 5) is 12.2.